The minimum atomic E-state index is -0.0175. The van der Waals surface area contributed by atoms with Crippen molar-refractivity contribution in [2.24, 2.45) is 4.99 Å². The molecule has 1 rings (SSSR count). The van der Waals surface area contributed by atoms with Gasteiger partial charge in [0.25, 0.3) is 0 Å². The fraction of sp³-hybridized carbons (Fsp3) is 0.500. The highest BCUT2D eigenvalue weighted by Gasteiger charge is 2.04. The zero-order chi connectivity index (χ0) is 14.3. The van der Waals surface area contributed by atoms with Crippen LogP contribution in [0.4, 0.5) is 0 Å². The summed E-state index contributed by atoms with van der Waals surface area (Å²) in [6, 6.07) is 2.06. The first-order valence-electron chi connectivity index (χ1n) is 5.98. The number of aliphatic imine (C=N–C) groups is 1. The number of hydrogen-bond donors (Lipinski definition) is 2. The summed E-state index contributed by atoms with van der Waals surface area (Å²) in [6.45, 7) is 3.59. The highest BCUT2D eigenvalue weighted by molar-refractivity contribution is 9.10. The third-order valence-corrected chi connectivity index (χ3v) is 3.96. The third-order valence-electron chi connectivity index (χ3n) is 2.27. The smallest absolute Gasteiger partial charge is 0.243 e. The maximum atomic E-state index is 11.5. The van der Waals surface area contributed by atoms with Gasteiger partial charge in [-0.3, -0.25) is 4.79 Å². The lowest BCUT2D eigenvalue weighted by Gasteiger charge is -2.12. The quantitative estimate of drug-likeness (QED) is 0.629. The van der Waals surface area contributed by atoms with Gasteiger partial charge >= 0.3 is 0 Å². The van der Waals surface area contributed by atoms with Crippen LogP contribution in [0.15, 0.2) is 20.9 Å². The molecule has 5 nitrogen and oxygen atoms in total. The van der Waals surface area contributed by atoms with Gasteiger partial charge in [-0.05, 0) is 28.9 Å². The minimum absolute atomic E-state index is 0.0175. The Bertz CT molecular complexity index is 445. The largest absolute Gasteiger partial charge is 0.357 e. The van der Waals surface area contributed by atoms with Gasteiger partial charge in [0.2, 0.25) is 5.91 Å². The second kappa shape index (κ2) is 8.16. The summed E-state index contributed by atoms with van der Waals surface area (Å²) in [4.78, 5) is 18.5. The molecule has 0 unspecified atom stereocenters. The van der Waals surface area contributed by atoms with E-state index in [1.165, 1.54) is 9.78 Å². The third kappa shape index (κ3) is 6.07. The molecule has 0 bridgehead atoms. The van der Waals surface area contributed by atoms with Crippen molar-refractivity contribution >= 4 is 39.1 Å². The normalized spacial score (nSPS) is 11.3. The molecule has 0 aliphatic carbocycles. The van der Waals surface area contributed by atoms with E-state index in [0.29, 0.717) is 12.5 Å². The van der Waals surface area contributed by atoms with Crippen LogP contribution < -0.4 is 10.6 Å². The number of amides is 1. The summed E-state index contributed by atoms with van der Waals surface area (Å²) in [5.41, 5.74) is 0. The molecule has 0 saturated heterocycles. The van der Waals surface area contributed by atoms with E-state index >= 15 is 0 Å². The van der Waals surface area contributed by atoms with Crippen molar-refractivity contribution in [1.29, 1.82) is 0 Å². The molecule has 1 aromatic rings. The SMILES string of the molecule is CCNC(=NCC(=O)N(C)C)NCc1cc(Br)cs1. The number of guanidine groups is 1. The van der Waals surface area contributed by atoms with Gasteiger partial charge < -0.3 is 15.5 Å². The Morgan fingerprint density at radius 2 is 2.21 bits per heavy atom. The van der Waals surface area contributed by atoms with Crippen molar-refractivity contribution < 1.29 is 4.79 Å². The Labute approximate surface area is 126 Å². The van der Waals surface area contributed by atoms with E-state index in [0.717, 1.165) is 11.0 Å². The van der Waals surface area contributed by atoms with Gasteiger partial charge in [0.1, 0.15) is 6.54 Å². The fourth-order valence-corrected chi connectivity index (χ4v) is 2.64. The number of nitrogens with one attached hydrogen (secondary N) is 2. The minimum Gasteiger partial charge on any atom is -0.357 e. The summed E-state index contributed by atoms with van der Waals surface area (Å²) >= 11 is 5.09. The molecular formula is C12H19BrN4OS. The molecule has 106 valence electrons. The van der Waals surface area contributed by atoms with Gasteiger partial charge in [0.15, 0.2) is 5.96 Å². The summed E-state index contributed by atoms with van der Waals surface area (Å²) in [5.74, 6) is 0.637. The van der Waals surface area contributed by atoms with Crippen molar-refractivity contribution in [2.75, 3.05) is 27.2 Å². The van der Waals surface area contributed by atoms with Crippen LogP contribution in [0.25, 0.3) is 0 Å². The highest BCUT2D eigenvalue weighted by atomic mass is 79.9. The number of rotatable bonds is 5. The zero-order valence-corrected chi connectivity index (χ0v) is 13.8. The molecule has 19 heavy (non-hydrogen) atoms. The first kappa shape index (κ1) is 16.0. The molecule has 0 saturated carbocycles. The number of halogens is 1. The highest BCUT2D eigenvalue weighted by Crippen LogP contribution is 2.19. The van der Waals surface area contributed by atoms with E-state index in [1.54, 1.807) is 25.4 Å². The Morgan fingerprint density at radius 3 is 2.74 bits per heavy atom. The molecule has 0 atom stereocenters. The molecule has 0 aliphatic rings. The molecule has 2 N–H and O–H groups in total. The van der Waals surface area contributed by atoms with Crippen molar-refractivity contribution in [1.82, 2.24) is 15.5 Å². The first-order chi connectivity index (χ1) is 9.02. The van der Waals surface area contributed by atoms with Gasteiger partial charge in [-0.15, -0.1) is 11.3 Å². The second-order valence-corrected chi connectivity index (χ2v) is 5.98. The molecule has 0 aromatic carbocycles. The molecule has 0 fully saturated rings. The fourth-order valence-electron chi connectivity index (χ4n) is 1.25. The predicted molar refractivity (Wildman–Crippen MR) is 83.5 cm³/mol. The van der Waals surface area contributed by atoms with Crippen LogP contribution in [0.5, 0.6) is 0 Å². The van der Waals surface area contributed by atoms with E-state index in [9.17, 15) is 4.79 Å². The van der Waals surface area contributed by atoms with Crippen LogP contribution in [0, 0.1) is 0 Å². The van der Waals surface area contributed by atoms with Crippen molar-refractivity contribution in [3.05, 3.63) is 20.8 Å². The van der Waals surface area contributed by atoms with E-state index in [2.05, 4.69) is 37.6 Å². The first-order valence-corrected chi connectivity index (χ1v) is 7.65. The lowest BCUT2D eigenvalue weighted by atomic mass is 10.4. The molecule has 0 radical (unpaired) electrons. The van der Waals surface area contributed by atoms with Crippen molar-refractivity contribution in [3.8, 4) is 0 Å². The average molecular weight is 347 g/mol. The van der Waals surface area contributed by atoms with Crippen LogP contribution >= 0.6 is 27.3 Å². The van der Waals surface area contributed by atoms with Crippen molar-refractivity contribution in [3.63, 3.8) is 0 Å². The van der Waals surface area contributed by atoms with E-state index < -0.39 is 0 Å². The van der Waals surface area contributed by atoms with Crippen molar-refractivity contribution in [2.45, 2.75) is 13.5 Å². The maximum Gasteiger partial charge on any atom is 0.243 e. The molecule has 1 aromatic heterocycles. The molecule has 0 spiro atoms. The maximum absolute atomic E-state index is 11.5. The average Bonchev–Trinajstić information content (AvgIpc) is 2.78. The number of thiophene rings is 1. The van der Waals surface area contributed by atoms with E-state index in [1.807, 2.05) is 12.3 Å². The summed E-state index contributed by atoms with van der Waals surface area (Å²) in [6.07, 6.45) is 0. The number of carbonyl (C=O) groups excluding carboxylic acids is 1. The topological polar surface area (TPSA) is 56.7 Å². The second-order valence-electron chi connectivity index (χ2n) is 4.07. The van der Waals surface area contributed by atoms with Crippen LogP contribution in [-0.2, 0) is 11.3 Å². The molecule has 7 heteroatoms. The lowest BCUT2D eigenvalue weighted by molar-refractivity contribution is -0.127. The number of likely N-dealkylation sites (N-methyl/N-ethyl adjacent to an activating group) is 1. The van der Waals surface area contributed by atoms with Crippen LogP contribution in [0.2, 0.25) is 0 Å². The molecular weight excluding hydrogens is 328 g/mol. The predicted octanol–water partition coefficient (Wildman–Crippen LogP) is 1.65. The number of hydrogen-bond acceptors (Lipinski definition) is 3. The van der Waals surface area contributed by atoms with Gasteiger partial charge in [-0.2, -0.15) is 0 Å². The van der Waals surface area contributed by atoms with Crippen LogP contribution in [0.3, 0.4) is 0 Å². The Kier molecular flexibility index (Phi) is 6.86. The Morgan fingerprint density at radius 1 is 1.47 bits per heavy atom. The Hall–Kier alpha value is -1.08. The molecule has 1 amide bonds. The standard InChI is InChI=1S/C12H19BrN4OS/c1-4-14-12(16-7-11(18)17(2)3)15-6-10-5-9(13)8-19-10/h5,8H,4,6-7H2,1-3H3,(H2,14,15,16). The van der Waals surface area contributed by atoms with Gasteiger partial charge in [-0.1, -0.05) is 0 Å². The number of carbonyl (C=O) groups is 1. The zero-order valence-electron chi connectivity index (χ0n) is 11.4. The van der Waals surface area contributed by atoms with E-state index in [-0.39, 0.29) is 12.5 Å². The summed E-state index contributed by atoms with van der Waals surface area (Å²) < 4.78 is 1.08. The van der Waals surface area contributed by atoms with Gasteiger partial charge in [-0.25, -0.2) is 4.99 Å². The summed E-state index contributed by atoms with van der Waals surface area (Å²) in [7, 11) is 3.45. The van der Waals surface area contributed by atoms with Crippen LogP contribution in [0.1, 0.15) is 11.8 Å². The monoisotopic (exact) mass is 346 g/mol. The Balaban J connectivity index is 2.52. The van der Waals surface area contributed by atoms with Gasteiger partial charge in [0.05, 0.1) is 6.54 Å². The van der Waals surface area contributed by atoms with Gasteiger partial charge in [0, 0.05) is 35.4 Å². The number of nitrogens with zero attached hydrogens (tertiary/aromatic N) is 2. The van der Waals surface area contributed by atoms with Crippen LogP contribution in [-0.4, -0.2) is 44.0 Å². The van der Waals surface area contributed by atoms with E-state index in [4.69, 9.17) is 0 Å². The summed E-state index contributed by atoms with van der Waals surface area (Å²) in [5, 5.41) is 8.36. The lowest BCUT2D eigenvalue weighted by Crippen LogP contribution is -2.37. The molecule has 1 heterocycles. The molecule has 0 aliphatic heterocycles.